The van der Waals surface area contributed by atoms with Crippen LogP contribution in [0, 0.1) is 0 Å². The standard InChI is InChI=1S/C15H24N4O2.ClH/c16-15(6-8-21-9-7-15)14(20)17-13-10-12(18-19-13)11-4-2-1-3-5-11;/h10-11H,1-9,16H2,(H2,17,18,19,20);1H. The second kappa shape index (κ2) is 7.44. The van der Waals surface area contributed by atoms with E-state index in [2.05, 4.69) is 15.5 Å². The van der Waals surface area contributed by atoms with Crippen molar-refractivity contribution in [3.63, 3.8) is 0 Å². The number of nitrogens with zero attached hydrogens (tertiary/aromatic N) is 1. The van der Waals surface area contributed by atoms with Crippen LogP contribution in [-0.4, -0.2) is 34.9 Å². The Balaban J connectivity index is 0.00000176. The van der Waals surface area contributed by atoms with E-state index in [4.69, 9.17) is 10.5 Å². The highest BCUT2D eigenvalue weighted by Crippen LogP contribution is 2.32. The number of ether oxygens (including phenoxy) is 1. The van der Waals surface area contributed by atoms with Gasteiger partial charge in [0, 0.05) is 30.9 Å². The molecular weight excluding hydrogens is 304 g/mol. The molecule has 7 heteroatoms. The van der Waals surface area contributed by atoms with Crippen LogP contribution in [0.1, 0.15) is 56.6 Å². The monoisotopic (exact) mass is 328 g/mol. The Morgan fingerprint density at radius 1 is 1.32 bits per heavy atom. The van der Waals surface area contributed by atoms with Gasteiger partial charge in [-0.15, -0.1) is 12.4 Å². The second-order valence-electron chi connectivity index (χ2n) is 6.27. The van der Waals surface area contributed by atoms with Gasteiger partial charge in [0.25, 0.3) is 0 Å². The number of nitrogens with two attached hydrogens (primary N) is 1. The summed E-state index contributed by atoms with van der Waals surface area (Å²) in [4.78, 5) is 12.3. The average molecular weight is 329 g/mol. The fraction of sp³-hybridized carbons (Fsp3) is 0.733. The molecule has 2 aliphatic rings. The number of carbonyl (C=O) groups excluding carboxylic acids is 1. The Bertz CT molecular complexity index is 493. The van der Waals surface area contributed by atoms with Crippen molar-refractivity contribution in [1.29, 1.82) is 0 Å². The van der Waals surface area contributed by atoms with E-state index < -0.39 is 5.54 Å². The molecule has 2 heterocycles. The summed E-state index contributed by atoms with van der Waals surface area (Å²) in [5, 5.41) is 10.1. The largest absolute Gasteiger partial charge is 0.381 e. The second-order valence-corrected chi connectivity index (χ2v) is 6.27. The third kappa shape index (κ3) is 3.80. The highest BCUT2D eigenvalue weighted by Gasteiger charge is 2.36. The van der Waals surface area contributed by atoms with Gasteiger partial charge in [0.1, 0.15) is 5.54 Å². The normalized spacial score (nSPS) is 21.9. The lowest BCUT2D eigenvalue weighted by molar-refractivity contribution is -0.124. The Morgan fingerprint density at radius 3 is 2.68 bits per heavy atom. The summed E-state index contributed by atoms with van der Waals surface area (Å²) in [6, 6.07) is 1.95. The number of aromatic nitrogens is 2. The number of H-pyrrole nitrogens is 1. The maximum atomic E-state index is 12.3. The molecule has 0 atom stereocenters. The van der Waals surface area contributed by atoms with E-state index in [0.717, 1.165) is 5.69 Å². The first-order valence-electron chi connectivity index (χ1n) is 7.91. The van der Waals surface area contributed by atoms with Crippen LogP contribution in [0.5, 0.6) is 0 Å². The number of halogens is 1. The maximum Gasteiger partial charge on any atom is 0.245 e. The van der Waals surface area contributed by atoms with Crippen molar-refractivity contribution < 1.29 is 9.53 Å². The average Bonchev–Trinajstić information content (AvgIpc) is 2.97. The first-order valence-corrected chi connectivity index (χ1v) is 7.91. The summed E-state index contributed by atoms with van der Waals surface area (Å²) in [6.07, 6.45) is 7.39. The number of hydrogen-bond acceptors (Lipinski definition) is 4. The smallest absolute Gasteiger partial charge is 0.245 e. The Morgan fingerprint density at radius 2 is 2.00 bits per heavy atom. The molecule has 1 aromatic heterocycles. The van der Waals surface area contributed by atoms with Crippen LogP contribution in [0.25, 0.3) is 0 Å². The topological polar surface area (TPSA) is 93.0 Å². The number of rotatable bonds is 3. The molecular formula is C15H25ClN4O2. The third-order valence-electron chi connectivity index (χ3n) is 4.72. The van der Waals surface area contributed by atoms with E-state index in [1.54, 1.807) is 0 Å². The number of amides is 1. The first-order chi connectivity index (χ1) is 10.2. The predicted molar refractivity (Wildman–Crippen MR) is 87.3 cm³/mol. The molecule has 22 heavy (non-hydrogen) atoms. The lowest BCUT2D eigenvalue weighted by Gasteiger charge is -2.31. The summed E-state index contributed by atoms with van der Waals surface area (Å²) in [6.45, 7) is 1.08. The summed E-state index contributed by atoms with van der Waals surface area (Å²) in [5.74, 6) is 0.969. The molecule has 0 unspecified atom stereocenters. The van der Waals surface area contributed by atoms with Gasteiger partial charge in [-0.2, -0.15) is 5.10 Å². The zero-order chi connectivity index (χ0) is 14.7. The number of nitrogens with one attached hydrogen (secondary N) is 2. The Labute approximate surface area is 137 Å². The van der Waals surface area contributed by atoms with Gasteiger partial charge in [-0.25, -0.2) is 0 Å². The lowest BCUT2D eigenvalue weighted by Crippen LogP contribution is -2.54. The van der Waals surface area contributed by atoms with Crippen molar-refractivity contribution in [2.45, 2.75) is 56.4 Å². The fourth-order valence-electron chi connectivity index (χ4n) is 3.23. The number of hydrogen-bond donors (Lipinski definition) is 3. The number of aromatic amines is 1. The quantitative estimate of drug-likeness (QED) is 0.793. The number of carbonyl (C=O) groups is 1. The van der Waals surface area contributed by atoms with Gasteiger partial charge in [0.2, 0.25) is 5.91 Å². The zero-order valence-electron chi connectivity index (χ0n) is 12.8. The van der Waals surface area contributed by atoms with Crippen LogP contribution < -0.4 is 11.1 Å². The molecule has 6 nitrogen and oxygen atoms in total. The molecule has 3 rings (SSSR count). The molecule has 0 radical (unpaired) electrons. The van der Waals surface area contributed by atoms with Crippen molar-refractivity contribution >= 4 is 24.1 Å². The first kappa shape index (κ1) is 17.2. The van der Waals surface area contributed by atoms with Crippen LogP contribution in [-0.2, 0) is 9.53 Å². The molecule has 0 bridgehead atoms. The minimum Gasteiger partial charge on any atom is -0.381 e. The fourth-order valence-corrected chi connectivity index (χ4v) is 3.23. The van der Waals surface area contributed by atoms with E-state index in [-0.39, 0.29) is 18.3 Å². The molecule has 0 aromatic carbocycles. The van der Waals surface area contributed by atoms with Gasteiger partial charge in [-0.05, 0) is 25.7 Å². The van der Waals surface area contributed by atoms with Gasteiger partial charge in [0.05, 0.1) is 0 Å². The summed E-state index contributed by atoms with van der Waals surface area (Å²) < 4.78 is 5.27. The van der Waals surface area contributed by atoms with E-state index in [1.165, 1.54) is 32.1 Å². The lowest BCUT2D eigenvalue weighted by atomic mass is 9.87. The van der Waals surface area contributed by atoms with Gasteiger partial charge < -0.3 is 15.8 Å². The zero-order valence-corrected chi connectivity index (χ0v) is 13.6. The molecule has 1 saturated carbocycles. The van der Waals surface area contributed by atoms with Gasteiger partial charge in [-0.3, -0.25) is 9.89 Å². The van der Waals surface area contributed by atoms with Crippen molar-refractivity contribution in [2.75, 3.05) is 18.5 Å². The molecule has 124 valence electrons. The minimum atomic E-state index is -0.831. The SMILES string of the molecule is Cl.NC1(C(=O)Nc2cc(C3CCCCC3)[nH]n2)CCOCC1. The van der Waals surface area contributed by atoms with Crippen LogP contribution in [0.2, 0.25) is 0 Å². The molecule has 1 aromatic rings. The minimum absolute atomic E-state index is 0. The summed E-state index contributed by atoms with van der Waals surface area (Å²) in [7, 11) is 0. The molecule has 0 spiro atoms. The van der Waals surface area contributed by atoms with Crippen LogP contribution in [0.15, 0.2) is 6.07 Å². The van der Waals surface area contributed by atoms with Crippen molar-refractivity contribution in [1.82, 2.24) is 10.2 Å². The summed E-state index contributed by atoms with van der Waals surface area (Å²) >= 11 is 0. The molecule has 1 amide bonds. The van der Waals surface area contributed by atoms with Crippen molar-refractivity contribution in [3.05, 3.63) is 11.8 Å². The molecule has 2 fully saturated rings. The molecule has 1 aliphatic heterocycles. The maximum absolute atomic E-state index is 12.3. The predicted octanol–water partition coefficient (Wildman–Crippen LogP) is 2.33. The molecule has 4 N–H and O–H groups in total. The van der Waals surface area contributed by atoms with Crippen LogP contribution >= 0.6 is 12.4 Å². The Hall–Kier alpha value is -1.11. The number of anilines is 1. The summed E-state index contributed by atoms with van der Waals surface area (Å²) in [5.41, 5.74) is 6.47. The van der Waals surface area contributed by atoms with Gasteiger partial charge >= 0.3 is 0 Å². The van der Waals surface area contributed by atoms with Crippen molar-refractivity contribution in [2.24, 2.45) is 5.73 Å². The third-order valence-corrected chi connectivity index (χ3v) is 4.72. The van der Waals surface area contributed by atoms with E-state index >= 15 is 0 Å². The Kier molecular flexibility index (Phi) is 5.83. The highest BCUT2D eigenvalue weighted by molar-refractivity contribution is 5.97. The van der Waals surface area contributed by atoms with E-state index in [1.807, 2.05) is 6.07 Å². The van der Waals surface area contributed by atoms with E-state index in [0.29, 0.717) is 37.8 Å². The van der Waals surface area contributed by atoms with Crippen LogP contribution in [0.3, 0.4) is 0 Å². The van der Waals surface area contributed by atoms with Gasteiger partial charge in [-0.1, -0.05) is 19.3 Å². The van der Waals surface area contributed by atoms with Gasteiger partial charge in [0.15, 0.2) is 5.82 Å². The highest BCUT2D eigenvalue weighted by atomic mass is 35.5. The van der Waals surface area contributed by atoms with Crippen LogP contribution in [0.4, 0.5) is 5.82 Å². The van der Waals surface area contributed by atoms with Crippen molar-refractivity contribution in [3.8, 4) is 0 Å². The van der Waals surface area contributed by atoms with E-state index in [9.17, 15) is 4.79 Å². The molecule has 1 aliphatic carbocycles. The molecule has 1 saturated heterocycles.